The van der Waals surface area contributed by atoms with Crippen molar-refractivity contribution in [3.63, 3.8) is 0 Å². The van der Waals surface area contributed by atoms with Gasteiger partial charge in [0.2, 0.25) is 0 Å². The van der Waals surface area contributed by atoms with E-state index in [0.717, 1.165) is 0 Å². The van der Waals surface area contributed by atoms with Gasteiger partial charge in [0.1, 0.15) is 29.4 Å². The van der Waals surface area contributed by atoms with E-state index in [1.54, 1.807) is 20.8 Å². The third-order valence-electron chi connectivity index (χ3n) is 2.99. The molecule has 1 N–H and O–H groups in total. The first-order valence-electron chi connectivity index (χ1n) is 6.83. The Morgan fingerprint density at radius 2 is 1.90 bits per heavy atom. The Morgan fingerprint density at radius 1 is 1.29 bits per heavy atom. The van der Waals surface area contributed by atoms with Gasteiger partial charge in [0, 0.05) is 0 Å². The number of ether oxygens (including phenoxy) is 2. The number of likely N-dealkylation sites (tertiary alicyclic amines) is 1. The van der Waals surface area contributed by atoms with Crippen molar-refractivity contribution in [3.05, 3.63) is 30.1 Å². The minimum absolute atomic E-state index is 0.154. The van der Waals surface area contributed by atoms with Crippen molar-refractivity contribution in [1.29, 1.82) is 0 Å². The summed E-state index contributed by atoms with van der Waals surface area (Å²) in [5.41, 5.74) is -0.585. The van der Waals surface area contributed by atoms with E-state index in [0.29, 0.717) is 5.75 Å². The number of aliphatic hydroxyl groups excluding tert-OH is 1. The number of halogens is 1. The molecule has 0 radical (unpaired) electrons. The van der Waals surface area contributed by atoms with Crippen LogP contribution in [0.25, 0.3) is 0 Å². The fourth-order valence-corrected chi connectivity index (χ4v) is 2.04. The highest BCUT2D eigenvalue weighted by Gasteiger charge is 2.37. The van der Waals surface area contributed by atoms with Crippen LogP contribution >= 0.6 is 0 Å². The van der Waals surface area contributed by atoms with Crippen LogP contribution in [0.1, 0.15) is 20.8 Å². The van der Waals surface area contributed by atoms with E-state index in [-0.39, 0.29) is 18.9 Å². The molecule has 0 spiro atoms. The van der Waals surface area contributed by atoms with Crippen LogP contribution in [-0.4, -0.2) is 47.0 Å². The van der Waals surface area contributed by atoms with Crippen molar-refractivity contribution in [2.45, 2.75) is 38.6 Å². The summed E-state index contributed by atoms with van der Waals surface area (Å²) in [7, 11) is 0. The third-order valence-corrected chi connectivity index (χ3v) is 2.99. The van der Waals surface area contributed by atoms with E-state index < -0.39 is 23.9 Å². The lowest BCUT2D eigenvalue weighted by atomic mass is 10.2. The molecule has 116 valence electrons. The summed E-state index contributed by atoms with van der Waals surface area (Å²) in [6.07, 6.45) is -1.84. The van der Waals surface area contributed by atoms with E-state index in [1.807, 2.05) is 0 Å². The average Bonchev–Trinajstić information content (AvgIpc) is 2.72. The first-order chi connectivity index (χ1) is 9.74. The Morgan fingerprint density at radius 3 is 2.48 bits per heavy atom. The molecule has 0 saturated carbocycles. The molecule has 0 aromatic heterocycles. The zero-order valence-electron chi connectivity index (χ0n) is 12.4. The zero-order chi connectivity index (χ0) is 15.6. The van der Waals surface area contributed by atoms with E-state index in [1.165, 1.54) is 29.2 Å². The fourth-order valence-electron chi connectivity index (χ4n) is 2.04. The topological polar surface area (TPSA) is 59.0 Å². The number of rotatable bonds is 2. The third kappa shape index (κ3) is 4.32. The van der Waals surface area contributed by atoms with Crippen LogP contribution in [0.5, 0.6) is 5.75 Å². The van der Waals surface area contributed by atoms with Gasteiger partial charge in [-0.1, -0.05) is 0 Å². The lowest BCUT2D eigenvalue weighted by Gasteiger charge is -2.24. The number of carbonyl (C=O) groups is 1. The van der Waals surface area contributed by atoms with Crippen molar-refractivity contribution in [2.75, 3.05) is 13.1 Å². The molecule has 1 aromatic rings. The molecule has 1 fully saturated rings. The molecule has 0 bridgehead atoms. The maximum absolute atomic E-state index is 12.8. The predicted octanol–water partition coefficient (Wildman–Crippen LogP) is 2.18. The predicted molar refractivity (Wildman–Crippen MR) is 74.6 cm³/mol. The van der Waals surface area contributed by atoms with Crippen molar-refractivity contribution in [3.8, 4) is 5.75 Å². The molecule has 2 unspecified atom stereocenters. The number of β-amino-alcohol motifs (C(OH)–C–C–N with tert-alkyl or cyclic N) is 1. The van der Waals surface area contributed by atoms with Crippen molar-refractivity contribution < 1.29 is 23.8 Å². The molecule has 1 aromatic carbocycles. The standard InChI is InChI=1S/C15H20FNO4/c1-15(2,3)21-14(19)17-8-12(18)13(9-17)20-11-6-4-10(16)5-7-11/h4-7,12-13,18H,8-9H2,1-3H3. The molecule has 1 aliphatic heterocycles. The molecular weight excluding hydrogens is 277 g/mol. The highest BCUT2D eigenvalue weighted by Crippen LogP contribution is 2.21. The Hall–Kier alpha value is -1.82. The first-order valence-corrected chi connectivity index (χ1v) is 6.83. The highest BCUT2D eigenvalue weighted by atomic mass is 19.1. The monoisotopic (exact) mass is 297 g/mol. The molecule has 6 heteroatoms. The second kappa shape index (κ2) is 5.89. The second-order valence-corrected chi connectivity index (χ2v) is 6.06. The maximum atomic E-state index is 12.8. The van der Waals surface area contributed by atoms with E-state index in [2.05, 4.69) is 0 Å². The molecule has 21 heavy (non-hydrogen) atoms. The van der Waals surface area contributed by atoms with Gasteiger partial charge in [-0.2, -0.15) is 0 Å². The average molecular weight is 297 g/mol. The number of amides is 1. The number of hydrogen-bond acceptors (Lipinski definition) is 4. The van der Waals surface area contributed by atoms with Gasteiger partial charge in [-0.25, -0.2) is 9.18 Å². The first kappa shape index (κ1) is 15.6. The second-order valence-electron chi connectivity index (χ2n) is 6.06. The molecular formula is C15H20FNO4. The molecule has 1 saturated heterocycles. The van der Waals surface area contributed by atoms with Crippen LogP contribution in [0.2, 0.25) is 0 Å². The molecule has 2 atom stereocenters. The van der Waals surface area contributed by atoms with Crippen LogP contribution in [0.15, 0.2) is 24.3 Å². The van der Waals surface area contributed by atoms with E-state index in [4.69, 9.17) is 9.47 Å². The number of nitrogens with zero attached hydrogens (tertiary/aromatic N) is 1. The van der Waals surface area contributed by atoms with E-state index >= 15 is 0 Å². The summed E-state index contributed by atoms with van der Waals surface area (Å²) in [5.74, 6) is 0.0937. The maximum Gasteiger partial charge on any atom is 0.410 e. The summed E-state index contributed by atoms with van der Waals surface area (Å²) in [5, 5.41) is 9.97. The molecule has 1 aliphatic rings. The minimum Gasteiger partial charge on any atom is -0.486 e. The Balaban J connectivity index is 1.94. The minimum atomic E-state index is -0.803. The SMILES string of the molecule is CC(C)(C)OC(=O)N1CC(O)C(Oc2ccc(F)cc2)C1. The zero-order valence-corrected chi connectivity index (χ0v) is 12.4. The summed E-state index contributed by atoms with van der Waals surface area (Å²) in [6.45, 7) is 5.73. The highest BCUT2D eigenvalue weighted by molar-refractivity contribution is 5.68. The normalized spacial score (nSPS) is 22.2. The quantitative estimate of drug-likeness (QED) is 0.909. The van der Waals surface area contributed by atoms with E-state index in [9.17, 15) is 14.3 Å². The number of hydrogen-bond donors (Lipinski definition) is 1. The van der Waals surface area contributed by atoms with Gasteiger partial charge >= 0.3 is 6.09 Å². The lowest BCUT2D eigenvalue weighted by molar-refractivity contribution is 0.0268. The Bertz CT molecular complexity index is 497. The molecule has 1 heterocycles. The van der Waals surface area contributed by atoms with Gasteiger partial charge in [0.05, 0.1) is 13.1 Å². The van der Waals surface area contributed by atoms with Gasteiger partial charge in [0.25, 0.3) is 0 Å². The number of aliphatic hydroxyl groups is 1. The largest absolute Gasteiger partial charge is 0.486 e. The molecule has 0 aliphatic carbocycles. The number of carbonyl (C=O) groups excluding carboxylic acids is 1. The van der Waals surface area contributed by atoms with Crippen molar-refractivity contribution in [2.24, 2.45) is 0 Å². The Kier molecular flexibility index (Phi) is 4.37. The van der Waals surface area contributed by atoms with Crippen LogP contribution in [0.4, 0.5) is 9.18 Å². The van der Waals surface area contributed by atoms with Gasteiger partial charge in [-0.15, -0.1) is 0 Å². The van der Waals surface area contributed by atoms with Crippen molar-refractivity contribution in [1.82, 2.24) is 4.90 Å². The summed E-state index contributed by atoms with van der Waals surface area (Å²) in [6, 6.07) is 5.53. The van der Waals surface area contributed by atoms with Crippen molar-refractivity contribution >= 4 is 6.09 Å². The number of benzene rings is 1. The van der Waals surface area contributed by atoms with Crippen LogP contribution < -0.4 is 4.74 Å². The molecule has 5 nitrogen and oxygen atoms in total. The molecule has 2 rings (SSSR count). The van der Waals surface area contributed by atoms with Gasteiger partial charge in [0.15, 0.2) is 0 Å². The summed E-state index contributed by atoms with van der Waals surface area (Å²) in [4.78, 5) is 13.3. The summed E-state index contributed by atoms with van der Waals surface area (Å²) < 4.78 is 23.7. The molecule has 1 amide bonds. The van der Waals surface area contributed by atoms with Gasteiger partial charge in [-0.3, -0.25) is 0 Å². The van der Waals surface area contributed by atoms with Gasteiger partial charge in [-0.05, 0) is 45.0 Å². The van der Waals surface area contributed by atoms with Gasteiger partial charge < -0.3 is 19.5 Å². The lowest BCUT2D eigenvalue weighted by Crippen LogP contribution is -2.36. The van der Waals surface area contributed by atoms with Crippen LogP contribution in [0, 0.1) is 5.82 Å². The summed E-state index contributed by atoms with van der Waals surface area (Å²) >= 11 is 0. The van der Waals surface area contributed by atoms with Crippen LogP contribution in [0.3, 0.4) is 0 Å². The van der Waals surface area contributed by atoms with Crippen LogP contribution in [-0.2, 0) is 4.74 Å². The smallest absolute Gasteiger partial charge is 0.410 e. The Labute approximate surface area is 123 Å². The fraction of sp³-hybridized carbons (Fsp3) is 0.533.